The van der Waals surface area contributed by atoms with E-state index in [2.05, 4.69) is 0 Å². The van der Waals surface area contributed by atoms with Crippen molar-refractivity contribution >= 4 is 23.9 Å². The van der Waals surface area contributed by atoms with Gasteiger partial charge in [0.05, 0.1) is 22.3 Å². The molecule has 160 valence electrons. The maximum Gasteiger partial charge on any atom is 0.336 e. The predicted molar refractivity (Wildman–Crippen MR) is 101 cm³/mol. The van der Waals surface area contributed by atoms with Crippen LogP contribution in [0.3, 0.4) is 0 Å². The molecule has 9 N–H and O–H groups in total. The molecular formula is C19H19NO10. The van der Waals surface area contributed by atoms with Gasteiger partial charge in [-0.2, -0.15) is 0 Å². The summed E-state index contributed by atoms with van der Waals surface area (Å²) in [6.45, 7) is 2.48. The number of phenols is 2. The van der Waals surface area contributed by atoms with Crippen molar-refractivity contribution in [3.63, 3.8) is 0 Å². The fraction of sp³-hybridized carbons (Fsp3) is 0.158. The Labute approximate surface area is 169 Å². The van der Waals surface area contributed by atoms with Gasteiger partial charge in [-0.3, -0.25) is 0 Å². The van der Waals surface area contributed by atoms with Gasteiger partial charge in [-0.05, 0) is 26.0 Å². The summed E-state index contributed by atoms with van der Waals surface area (Å²) < 4.78 is 0. The molecule has 2 rings (SSSR count). The van der Waals surface area contributed by atoms with Crippen LogP contribution in [0.1, 0.15) is 63.7 Å². The van der Waals surface area contributed by atoms with E-state index in [1.165, 1.54) is 13.8 Å². The fourth-order valence-corrected chi connectivity index (χ4v) is 3.00. The lowest BCUT2D eigenvalue weighted by Gasteiger charge is -2.17. The molecule has 0 saturated carbocycles. The number of phenolic OH excluding ortho intramolecular Hbond substituents is 2. The van der Waals surface area contributed by atoms with Crippen LogP contribution in [0.4, 0.5) is 0 Å². The largest absolute Gasteiger partial charge is 0.507 e. The first kappa shape index (κ1) is 23.9. The molecule has 0 atom stereocenters. The Morgan fingerprint density at radius 1 is 0.633 bits per heavy atom. The zero-order valence-corrected chi connectivity index (χ0v) is 15.9. The number of carbonyl (C=O) groups is 4. The highest BCUT2D eigenvalue weighted by molar-refractivity contribution is 5.99. The van der Waals surface area contributed by atoms with Crippen LogP contribution in [0.5, 0.6) is 11.5 Å². The molecule has 0 bridgehead atoms. The van der Waals surface area contributed by atoms with Gasteiger partial charge in [0.15, 0.2) is 0 Å². The van der Waals surface area contributed by atoms with Crippen molar-refractivity contribution in [3.8, 4) is 11.5 Å². The minimum absolute atomic E-state index is 0. The van der Waals surface area contributed by atoms with Crippen molar-refractivity contribution in [2.75, 3.05) is 0 Å². The summed E-state index contributed by atoms with van der Waals surface area (Å²) in [4.78, 5) is 45.8. The molecule has 2 aromatic rings. The molecule has 2 aromatic carbocycles. The van der Waals surface area contributed by atoms with Crippen molar-refractivity contribution < 1.29 is 49.8 Å². The molecule has 0 aromatic heterocycles. The molecule has 0 unspecified atom stereocenters. The first-order valence-corrected chi connectivity index (χ1v) is 8.02. The van der Waals surface area contributed by atoms with Crippen molar-refractivity contribution in [2.24, 2.45) is 0 Å². The Hall–Kier alpha value is -4.12. The van der Waals surface area contributed by atoms with Gasteiger partial charge >= 0.3 is 23.9 Å². The van der Waals surface area contributed by atoms with E-state index in [0.29, 0.717) is 0 Å². The van der Waals surface area contributed by atoms with Crippen molar-refractivity contribution in [1.29, 1.82) is 0 Å². The second-order valence-electron chi connectivity index (χ2n) is 6.25. The molecule has 0 saturated heterocycles. The molecule has 11 heteroatoms. The molecule has 0 aliphatic carbocycles. The molecule has 0 spiro atoms. The van der Waals surface area contributed by atoms with Gasteiger partial charge in [-0.1, -0.05) is 0 Å². The molecule has 0 aliphatic rings. The van der Waals surface area contributed by atoms with Crippen molar-refractivity contribution in [3.05, 3.63) is 56.6 Å². The van der Waals surface area contributed by atoms with E-state index in [4.69, 9.17) is 0 Å². The second kappa shape index (κ2) is 8.49. The maximum atomic E-state index is 11.6. The lowest BCUT2D eigenvalue weighted by Crippen LogP contribution is -2.13. The highest BCUT2D eigenvalue weighted by Gasteiger charge is 2.27. The SMILES string of the molecule is Cc1c(C(=O)O)cc(C(=O)O)c(Cc2c(C(=O)O)cc(C(=O)O)c(C)c2O)c1O.N. The van der Waals surface area contributed by atoms with Crippen molar-refractivity contribution in [2.45, 2.75) is 20.3 Å². The molecular weight excluding hydrogens is 402 g/mol. The van der Waals surface area contributed by atoms with E-state index in [1.807, 2.05) is 0 Å². The third-order valence-electron chi connectivity index (χ3n) is 4.59. The second-order valence-corrected chi connectivity index (χ2v) is 6.25. The maximum absolute atomic E-state index is 11.6. The van der Waals surface area contributed by atoms with Crippen LogP contribution < -0.4 is 6.15 Å². The van der Waals surface area contributed by atoms with Crippen LogP contribution >= 0.6 is 0 Å². The Morgan fingerprint density at radius 3 is 1.13 bits per heavy atom. The van der Waals surface area contributed by atoms with Gasteiger partial charge in [0.2, 0.25) is 0 Å². The molecule has 0 aliphatic heterocycles. The van der Waals surface area contributed by atoms with Crippen LogP contribution in [-0.2, 0) is 6.42 Å². The summed E-state index contributed by atoms with van der Waals surface area (Å²) in [5, 5.41) is 58.0. The average Bonchev–Trinajstić information content (AvgIpc) is 2.61. The van der Waals surface area contributed by atoms with E-state index in [-0.39, 0.29) is 28.4 Å². The summed E-state index contributed by atoms with van der Waals surface area (Å²) in [5.74, 6) is -7.46. The van der Waals surface area contributed by atoms with E-state index in [1.54, 1.807) is 0 Å². The highest BCUT2D eigenvalue weighted by Crippen LogP contribution is 2.36. The highest BCUT2D eigenvalue weighted by atomic mass is 16.4. The number of aromatic carboxylic acids is 4. The Morgan fingerprint density at radius 2 is 0.900 bits per heavy atom. The molecule has 11 nitrogen and oxygen atoms in total. The van der Waals surface area contributed by atoms with Gasteiger partial charge in [0.1, 0.15) is 11.5 Å². The molecule has 0 fully saturated rings. The quantitative estimate of drug-likeness (QED) is 0.358. The standard InChI is InChI=1S/C19H16O10.H3N/c1-6-8(16(22)23)3-12(18(26)27)10(14(6)20)5-11-13(19(28)29)4-9(17(24)25)7(2)15(11)21;/h3-4,20-21H,5H2,1-2H3,(H,22,23)(H,24,25)(H,26,27)(H,28,29);1H3. The number of rotatable bonds is 6. The lowest BCUT2D eigenvalue weighted by atomic mass is 9.89. The van der Waals surface area contributed by atoms with Gasteiger partial charge in [-0.15, -0.1) is 0 Å². The Balaban J connectivity index is 0.00000450. The van der Waals surface area contributed by atoms with Crippen LogP contribution in [0, 0.1) is 13.8 Å². The number of benzene rings is 2. The molecule has 0 amide bonds. The number of hydrogen-bond acceptors (Lipinski definition) is 7. The van der Waals surface area contributed by atoms with E-state index >= 15 is 0 Å². The molecule has 0 radical (unpaired) electrons. The normalized spacial score (nSPS) is 10.2. The first-order chi connectivity index (χ1) is 13.4. The van der Waals surface area contributed by atoms with Crippen LogP contribution in [0.15, 0.2) is 12.1 Å². The monoisotopic (exact) mass is 421 g/mol. The number of carboxylic acids is 4. The topological polar surface area (TPSA) is 225 Å². The number of carboxylic acid groups (broad SMARTS) is 4. The minimum atomic E-state index is -1.58. The smallest absolute Gasteiger partial charge is 0.336 e. The van der Waals surface area contributed by atoms with Gasteiger partial charge in [-0.25, -0.2) is 19.2 Å². The predicted octanol–water partition coefficient (Wildman–Crippen LogP) is 2.26. The average molecular weight is 421 g/mol. The van der Waals surface area contributed by atoms with E-state index < -0.39 is 64.1 Å². The summed E-state index contributed by atoms with van der Waals surface area (Å²) in [7, 11) is 0. The summed E-state index contributed by atoms with van der Waals surface area (Å²) in [6, 6.07) is 1.65. The van der Waals surface area contributed by atoms with E-state index in [9.17, 15) is 49.8 Å². The zero-order valence-electron chi connectivity index (χ0n) is 15.9. The zero-order chi connectivity index (χ0) is 22.2. The number of aromatic hydroxyl groups is 2. The Kier molecular flexibility index (Phi) is 6.77. The third-order valence-corrected chi connectivity index (χ3v) is 4.59. The third kappa shape index (κ3) is 4.00. The van der Waals surface area contributed by atoms with Gasteiger partial charge in [0.25, 0.3) is 0 Å². The summed E-state index contributed by atoms with van der Waals surface area (Å²) >= 11 is 0. The molecule has 0 heterocycles. The molecule has 30 heavy (non-hydrogen) atoms. The van der Waals surface area contributed by atoms with Gasteiger partial charge in [0, 0.05) is 28.7 Å². The van der Waals surface area contributed by atoms with Crippen LogP contribution in [0.2, 0.25) is 0 Å². The van der Waals surface area contributed by atoms with Crippen LogP contribution in [-0.4, -0.2) is 54.5 Å². The number of hydrogen-bond donors (Lipinski definition) is 7. The minimum Gasteiger partial charge on any atom is -0.507 e. The lowest BCUT2D eigenvalue weighted by molar-refractivity contribution is 0.0675. The fourth-order valence-electron chi connectivity index (χ4n) is 3.00. The summed E-state index contributed by atoms with van der Waals surface area (Å²) in [5.41, 5.74) is -3.03. The van der Waals surface area contributed by atoms with Crippen LogP contribution in [0.25, 0.3) is 0 Å². The van der Waals surface area contributed by atoms with Crippen molar-refractivity contribution in [1.82, 2.24) is 6.15 Å². The summed E-state index contributed by atoms with van der Waals surface area (Å²) in [6.07, 6.45) is -0.595. The van der Waals surface area contributed by atoms with E-state index in [0.717, 1.165) is 12.1 Å². The Bertz CT molecular complexity index is 1000. The van der Waals surface area contributed by atoms with Gasteiger partial charge < -0.3 is 36.8 Å². The first-order valence-electron chi connectivity index (χ1n) is 8.02.